The molecule has 0 radical (unpaired) electrons. The highest BCUT2D eigenvalue weighted by molar-refractivity contribution is 5.93. The van der Waals surface area contributed by atoms with Gasteiger partial charge in [-0.25, -0.2) is 0 Å². The molecule has 116 valence electrons. The minimum absolute atomic E-state index is 0. The van der Waals surface area contributed by atoms with Crippen molar-refractivity contribution in [3.8, 4) is 0 Å². The molecule has 1 amide bonds. The summed E-state index contributed by atoms with van der Waals surface area (Å²) in [4.78, 5) is 11.8. The first-order valence-electron chi connectivity index (χ1n) is 6.61. The third-order valence-electron chi connectivity index (χ3n) is 2.69. The molecule has 0 aliphatic rings. The average molecular weight is 305 g/mol. The minimum Gasteiger partial charge on any atom is -0.385 e. The normalized spacial score (nSPS) is 12.1. The highest BCUT2D eigenvalue weighted by Gasteiger charge is 2.15. The average Bonchev–Trinajstić information content (AvgIpc) is 2.76. The van der Waals surface area contributed by atoms with Crippen LogP contribution in [-0.2, 0) is 16.1 Å². The lowest BCUT2D eigenvalue weighted by molar-refractivity contribution is -0.117. The Morgan fingerprint density at radius 3 is 2.85 bits per heavy atom. The molecule has 7 heteroatoms. The lowest BCUT2D eigenvalue weighted by atomic mass is 10.0. The number of nitrogens with one attached hydrogen (secondary N) is 1. The number of hydrogen-bond acceptors (Lipinski definition) is 4. The van der Waals surface area contributed by atoms with Gasteiger partial charge in [0.15, 0.2) is 5.82 Å². The molecule has 0 bridgehead atoms. The number of amides is 1. The van der Waals surface area contributed by atoms with Crippen molar-refractivity contribution in [3.63, 3.8) is 0 Å². The quantitative estimate of drug-likeness (QED) is 0.716. The second-order valence-electron chi connectivity index (χ2n) is 5.04. The van der Waals surface area contributed by atoms with Crippen molar-refractivity contribution in [2.45, 2.75) is 39.3 Å². The monoisotopic (exact) mass is 304 g/mol. The van der Waals surface area contributed by atoms with Crippen molar-refractivity contribution >= 4 is 24.1 Å². The summed E-state index contributed by atoms with van der Waals surface area (Å²) < 4.78 is 6.76. The molecule has 6 nitrogen and oxygen atoms in total. The van der Waals surface area contributed by atoms with Crippen LogP contribution in [0.4, 0.5) is 5.82 Å². The van der Waals surface area contributed by atoms with Crippen LogP contribution >= 0.6 is 12.4 Å². The van der Waals surface area contributed by atoms with Crippen molar-refractivity contribution < 1.29 is 9.53 Å². The second kappa shape index (κ2) is 9.74. The van der Waals surface area contributed by atoms with Gasteiger partial charge in [-0.05, 0) is 18.8 Å². The summed E-state index contributed by atoms with van der Waals surface area (Å²) in [6, 6.07) is 1.28. The SMILES string of the molecule is COCCCn1ccc(NC(=O)[C@@H](N)CC(C)C)n1.Cl. The summed E-state index contributed by atoms with van der Waals surface area (Å²) in [6.45, 7) is 5.54. The van der Waals surface area contributed by atoms with Crippen molar-refractivity contribution in [2.24, 2.45) is 11.7 Å². The second-order valence-corrected chi connectivity index (χ2v) is 5.04. The van der Waals surface area contributed by atoms with E-state index in [-0.39, 0.29) is 18.3 Å². The van der Waals surface area contributed by atoms with Gasteiger partial charge in [0.1, 0.15) is 0 Å². The predicted octanol–water partition coefficient (Wildman–Crippen LogP) is 1.65. The summed E-state index contributed by atoms with van der Waals surface area (Å²) in [6.07, 6.45) is 3.39. The van der Waals surface area contributed by atoms with Crippen LogP contribution in [0.1, 0.15) is 26.7 Å². The maximum Gasteiger partial charge on any atom is 0.242 e. The molecule has 1 aromatic heterocycles. The Morgan fingerprint density at radius 2 is 2.25 bits per heavy atom. The number of aryl methyl sites for hydroxylation is 1. The first-order valence-corrected chi connectivity index (χ1v) is 6.61. The van der Waals surface area contributed by atoms with Gasteiger partial charge >= 0.3 is 0 Å². The molecule has 0 saturated heterocycles. The number of carbonyl (C=O) groups excluding carboxylic acids is 1. The number of nitrogens with zero attached hydrogens (tertiary/aromatic N) is 2. The van der Waals surface area contributed by atoms with Gasteiger partial charge in [0, 0.05) is 32.5 Å². The smallest absolute Gasteiger partial charge is 0.242 e. The fourth-order valence-corrected chi connectivity index (χ4v) is 1.76. The lowest BCUT2D eigenvalue weighted by Gasteiger charge is -2.12. The van der Waals surface area contributed by atoms with Gasteiger partial charge in [-0.15, -0.1) is 12.4 Å². The summed E-state index contributed by atoms with van der Waals surface area (Å²) in [5, 5.41) is 6.99. The number of nitrogens with two attached hydrogens (primary N) is 1. The van der Waals surface area contributed by atoms with Crippen LogP contribution in [0.2, 0.25) is 0 Å². The number of methoxy groups -OCH3 is 1. The fourth-order valence-electron chi connectivity index (χ4n) is 1.76. The molecule has 0 aliphatic carbocycles. The van der Waals surface area contributed by atoms with Crippen molar-refractivity contribution in [1.29, 1.82) is 0 Å². The van der Waals surface area contributed by atoms with Crippen LogP contribution in [-0.4, -0.2) is 35.4 Å². The van der Waals surface area contributed by atoms with E-state index in [1.165, 1.54) is 0 Å². The van der Waals surface area contributed by atoms with Crippen molar-refractivity contribution in [3.05, 3.63) is 12.3 Å². The van der Waals surface area contributed by atoms with Gasteiger partial charge in [0.05, 0.1) is 6.04 Å². The summed E-state index contributed by atoms with van der Waals surface area (Å²) >= 11 is 0. The van der Waals surface area contributed by atoms with Gasteiger partial charge in [0.25, 0.3) is 0 Å². The van der Waals surface area contributed by atoms with Crippen LogP contribution in [0.5, 0.6) is 0 Å². The molecule has 1 atom stereocenters. The van der Waals surface area contributed by atoms with Gasteiger partial charge in [-0.1, -0.05) is 13.8 Å². The third kappa shape index (κ3) is 6.88. The van der Waals surface area contributed by atoms with Crippen LogP contribution in [0.3, 0.4) is 0 Å². The number of carbonyl (C=O) groups is 1. The largest absolute Gasteiger partial charge is 0.385 e. The van der Waals surface area contributed by atoms with E-state index in [2.05, 4.69) is 10.4 Å². The number of anilines is 1. The van der Waals surface area contributed by atoms with Crippen LogP contribution in [0, 0.1) is 5.92 Å². The lowest BCUT2D eigenvalue weighted by Crippen LogP contribution is -2.36. The first-order chi connectivity index (χ1) is 9.02. The molecular formula is C13H25ClN4O2. The van der Waals surface area contributed by atoms with Gasteiger partial charge in [-0.2, -0.15) is 5.10 Å². The number of aromatic nitrogens is 2. The van der Waals surface area contributed by atoms with Gasteiger partial charge < -0.3 is 15.8 Å². The zero-order valence-electron chi connectivity index (χ0n) is 12.3. The number of hydrogen-bond donors (Lipinski definition) is 2. The van der Waals surface area contributed by atoms with Crippen LogP contribution < -0.4 is 11.1 Å². The molecule has 3 N–H and O–H groups in total. The van der Waals surface area contributed by atoms with E-state index in [1.807, 2.05) is 20.0 Å². The number of rotatable bonds is 8. The van der Waals surface area contributed by atoms with E-state index in [9.17, 15) is 4.79 Å². The molecular weight excluding hydrogens is 280 g/mol. The molecule has 0 aromatic carbocycles. The maximum absolute atomic E-state index is 11.8. The fraction of sp³-hybridized carbons (Fsp3) is 0.692. The number of ether oxygens (including phenoxy) is 1. The Morgan fingerprint density at radius 1 is 1.55 bits per heavy atom. The van der Waals surface area contributed by atoms with E-state index < -0.39 is 6.04 Å². The third-order valence-corrected chi connectivity index (χ3v) is 2.69. The minimum atomic E-state index is -0.487. The Kier molecular flexibility index (Phi) is 9.20. The van der Waals surface area contributed by atoms with Crippen molar-refractivity contribution in [2.75, 3.05) is 19.0 Å². The van der Waals surface area contributed by atoms with Crippen LogP contribution in [0.15, 0.2) is 12.3 Å². The molecule has 20 heavy (non-hydrogen) atoms. The van der Waals surface area contributed by atoms with Crippen molar-refractivity contribution in [1.82, 2.24) is 9.78 Å². The van der Waals surface area contributed by atoms with E-state index >= 15 is 0 Å². The Balaban J connectivity index is 0.00000361. The zero-order chi connectivity index (χ0) is 14.3. The van der Waals surface area contributed by atoms with E-state index in [0.717, 1.165) is 13.0 Å². The molecule has 0 fully saturated rings. The number of halogens is 1. The summed E-state index contributed by atoms with van der Waals surface area (Å²) in [7, 11) is 1.67. The summed E-state index contributed by atoms with van der Waals surface area (Å²) in [5.41, 5.74) is 5.81. The molecule has 1 aromatic rings. The van der Waals surface area contributed by atoms with E-state index in [0.29, 0.717) is 24.8 Å². The molecule has 0 unspecified atom stereocenters. The molecule has 0 aliphatic heterocycles. The van der Waals surface area contributed by atoms with E-state index in [1.54, 1.807) is 17.9 Å². The molecule has 0 spiro atoms. The topological polar surface area (TPSA) is 82.2 Å². The zero-order valence-corrected chi connectivity index (χ0v) is 13.2. The van der Waals surface area contributed by atoms with Gasteiger partial charge in [0.2, 0.25) is 5.91 Å². The Bertz CT molecular complexity index is 395. The van der Waals surface area contributed by atoms with Gasteiger partial charge in [-0.3, -0.25) is 9.48 Å². The highest BCUT2D eigenvalue weighted by Crippen LogP contribution is 2.07. The maximum atomic E-state index is 11.8. The molecule has 0 saturated carbocycles. The van der Waals surface area contributed by atoms with Crippen LogP contribution in [0.25, 0.3) is 0 Å². The highest BCUT2D eigenvalue weighted by atomic mass is 35.5. The molecule has 1 rings (SSSR count). The van der Waals surface area contributed by atoms with E-state index in [4.69, 9.17) is 10.5 Å². The Labute approximate surface area is 126 Å². The standard InChI is InChI=1S/C13H24N4O2.ClH/c1-10(2)9-11(14)13(18)15-12-5-7-17(16-12)6-4-8-19-3;/h5,7,10-11H,4,6,8-9,14H2,1-3H3,(H,15,16,18);1H/t11-;/m0./s1. The molecule has 1 heterocycles. The Hall–Kier alpha value is -1.11. The predicted molar refractivity (Wildman–Crippen MR) is 82.0 cm³/mol. The first kappa shape index (κ1) is 18.9. The summed E-state index contributed by atoms with van der Waals surface area (Å²) in [5.74, 6) is 0.754.